The summed E-state index contributed by atoms with van der Waals surface area (Å²) in [7, 11) is -9.53. The van der Waals surface area contributed by atoms with Crippen LogP contribution in [-0.4, -0.2) is 175 Å². The van der Waals surface area contributed by atoms with Gasteiger partial charge in [0, 0.05) is 102 Å². The summed E-state index contributed by atoms with van der Waals surface area (Å²) in [4.78, 5) is 101. The largest absolute Gasteiger partial charge is 0.508 e. The van der Waals surface area contributed by atoms with Crippen molar-refractivity contribution in [2.45, 2.75) is 96.0 Å². The number of carbonyl (C=O) groups excluding carboxylic acids is 4. The van der Waals surface area contributed by atoms with E-state index < -0.39 is 66.3 Å². The topological polar surface area (TPSA) is 495 Å². The first kappa shape index (κ1) is 87.4. The average molecular weight is 1750 g/mol. The van der Waals surface area contributed by atoms with Crippen molar-refractivity contribution in [2.24, 2.45) is 0 Å². The Hall–Kier alpha value is -13.9. The quantitative estimate of drug-likeness (QED) is 0.0281. The molecule has 0 fully saturated rings. The van der Waals surface area contributed by atoms with Crippen LogP contribution in [0.2, 0.25) is 0 Å². The van der Waals surface area contributed by atoms with Gasteiger partial charge >= 0.3 is 0 Å². The van der Waals surface area contributed by atoms with Crippen LogP contribution in [0.3, 0.4) is 0 Å². The number of carbonyl (C=O) groups is 4. The number of fused-ring (bicyclic) bond motifs is 4. The van der Waals surface area contributed by atoms with Crippen molar-refractivity contribution in [1.82, 2.24) is 70.0 Å². The number of aromatic hydroxyl groups is 1. The smallest absolute Gasteiger partial charge is 0.259 e. The fourth-order valence-corrected chi connectivity index (χ4v) is 16.3. The average Bonchev–Trinajstić information content (AvgIpc) is 1.82. The summed E-state index contributed by atoms with van der Waals surface area (Å²) in [6.07, 6.45) is 12.5. The van der Waals surface area contributed by atoms with E-state index in [2.05, 4.69) is 81.1 Å². The molecule has 36 heteroatoms. The number of rotatable bonds is 22. The fraction of sp³-hybridized carbons (Fsp3) is 0.186. The van der Waals surface area contributed by atoms with Gasteiger partial charge in [0.15, 0.2) is 61.9 Å². The van der Waals surface area contributed by atoms with Crippen LogP contribution in [0.4, 0.5) is 28.4 Å². The molecule has 0 unspecified atom stereocenters. The summed E-state index contributed by atoms with van der Waals surface area (Å²) in [5, 5.41) is 18.7. The predicted octanol–water partition coefficient (Wildman–Crippen LogP) is 16.3. The monoisotopic (exact) mass is 1750 g/mol. The number of H-pyrrole nitrogens is 4. The van der Waals surface area contributed by atoms with E-state index in [9.17, 15) is 58.0 Å². The normalized spacial score (nSPS) is 11.8. The third-order valence-corrected chi connectivity index (χ3v) is 27.9. The van der Waals surface area contributed by atoms with Crippen LogP contribution in [0.1, 0.15) is 115 Å². The summed E-state index contributed by atoms with van der Waals surface area (Å²) < 4.78 is 98.5. The number of hydrogen-bond acceptors (Lipinski definition) is 24. The lowest BCUT2D eigenvalue weighted by atomic mass is 10.1. The van der Waals surface area contributed by atoms with Gasteiger partial charge in [0.25, 0.3) is 23.6 Å². The number of nitrogens with zero attached hydrogens (tertiary/aromatic N) is 9. The molecule has 0 bridgehead atoms. The van der Waals surface area contributed by atoms with Crippen LogP contribution in [0.15, 0.2) is 239 Å². The molecule has 0 aliphatic rings. The second-order valence-corrected chi connectivity index (χ2v) is 39.3. The Balaban J connectivity index is 0. The Morgan fingerprint density at radius 1 is 0.393 bits per heavy atom. The van der Waals surface area contributed by atoms with E-state index in [0.29, 0.717) is 141 Å². The zero-order chi connectivity index (χ0) is 87.7. The molecular formula is C86H113N19O13S4. The number of nitrogen functional groups attached to an aromatic ring is 2. The van der Waals surface area contributed by atoms with E-state index in [4.69, 9.17) is 11.5 Å². The van der Waals surface area contributed by atoms with Gasteiger partial charge in [-0.1, -0.05) is 72.8 Å². The number of aromatic amines is 4. The maximum atomic E-state index is 12.8. The number of phenolic OH excluding ortho intramolecular Hbond substituents is 1. The Morgan fingerprint density at radius 2 is 0.697 bits per heavy atom. The molecule has 7 aromatic carbocycles. The summed E-state index contributed by atoms with van der Waals surface area (Å²) in [5.74, 6) is -1.29. The van der Waals surface area contributed by atoms with Crippen molar-refractivity contribution in [2.75, 3.05) is 54.6 Å². The van der Waals surface area contributed by atoms with Crippen LogP contribution in [0.25, 0.3) is 89.7 Å². The van der Waals surface area contributed by atoms with Crippen molar-refractivity contribution in [3.63, 3.8) is 0 Å². The van der Waals surface area contributed by atoms with Gasteiger partial charge in [0.05, 0.1) is 122 Å². The minimum absolute atomic E-state index is 0. The number of nitrogens with one attached hydrogen (secondary N) is 8. The van der Waals surface area contributed by atoms with E-state index in [1.807, 2.05) is 19.0 Å². The molecule has 0 aliphatic carbocycles. The van der Waals surface area contributed by atoms with E-state index in [1.54, 1.807) is 256 Å². The molecule has 0 saturated heterocycles. The highest BCUT2D eigenvalue weighted by Gasteiger charge is 2.26. The molecule has 8 heterocycles. The van der Waals surface area contributed by atoms with Crippen molar-refractivity contribution in [1.29, 1.82) is 0 Å². The van der Waals surface area contributed by atoms with Crippen molar-refractivity contribution < 1.29 is 76.5 Å². The SMILES string of the molecule is CC(C)S(=O)(=O)c1ccc(-c2cnc3[nH]cc(C(=O)NCCN(C)C)c3n2)cc1.CC(C)S(=O)(=O)c1ccc(-c2cnc3[nH]cc(C(=O)Nc4cccc(N)c4)c3n2)cc1.CC(C)S(=O)(=O)c1ccc(-c2cnc3[nH]cc(C(=O)Nc4cccc(O)c4)c3n2)cc1.CC(C)S(=O)(=O)c1ccc(-c2cnc3[nH]cc(C(=O)Nc4ccccc4N)c3n2)cc1.[HH].[HH].[HH].[HH].[HH].[HH].[HH].[HH].[HH].[HH].[HH].[HH].[HH]. The number of nitrogens with two attached hydrogens (primary N) is 2. The summed E-state index contributed by atoms with van der Waals surface area (Å²) in [6.45, 7) is 14.4. The number of amides is 4. The van der Waals surface area contributed by atoms with E-state index in [-0.39, 0.29) is 61.6 Å². The molecule has 0 radical (unpaired) electrons. The van der Waals surface area contributed by atoms with Gasteiger partial charge in [0.2, 0.25) is 0 Å². The van der Waals surface area contributed by atoms with Crippen molar-refractivity contribution in [3.05, 3.63) is 242 Å². The number of hydrogen-bond donors (Lipinski definition) is 11. The number of sulfone groups is 4. The Bertz CT molecular complexity index is 6740. The molecule has 32 nitrogen and oxygen atoms in total. The third-order valence-electron chi connectivity index (χ3n) is 19.2. The number of phenols is 1. The van der Waals surface area contributed by atoms with Crippen molar-refractivity contribution in [3.8, 4) is 50.8 Å². The lowest BCUT2D eigenvalue weighted by Crippen LogP contribution is -2.31. The molecule has 122 heavy (non-hydrogen) atoms. The molecule has 0 atom stereocenters. The van der Waals surface area contributed by atoms with Gasteiger partial charge in [-0.2, -0.15) is 0 Å². The van der Waals surface area contributed by atoms with Crippen LogP contribution >= 0.6 is 0 Å². The maximum absolute atomic E-state index is 12.8. The van der Waals surface area contributed by atoms with Crippen LogP contribution in [0, 0.1) is 0 Å². The number of anilines is 5. The number of likely N-dealkylation sites (N-methyl/N-ethyl adjacent to an activating group) is 1. The highest BCUT2D eigenvalue weighted by Crippen LogP contribution is 2.32. The van der Waals surface area contributed by atoms with Gasteiger partial charge in [-0.15, -0.1) is 0 Å². The lowest BCUT2D eigenvalue weighted by molar-refractivity contribution is 0.0950. The number of para-hydroxylation sites is 2. The minimum Gasteiger partial charge on any atom is -0.508 e. The van der Waals surface area contributed by atoms with Gasteiger partial charge in [0.1, 0.15) is 27.8 Å². The maximum Gasteiger partial charge on any atom is 0.259 e. The lowest BCUT2D eigenvalue weighted by Gasteiger charge is -2.10. The second kappa shape index (κ2) is 36.7. The summed E-state index contributed by atoms with van der Waals surface area (Å²) in [5.41, 5.74) is 24.1. The fourth-order valence-electron chi connectivity index (χ4n) is 12.1. The molecule has 654 valence electrons. The van der Waals surface area contributed by atoms with E-state index >= 15 is 0 Å². The Labute approximate surface area is 722 Å². The molecule has 8 aromatic heterocycles. The first-order chi connectivity index (χ1) is 58.0. The Kier molecular flexibility index (Phi) is 26.3. The first-order valence-corrected chi connectivity index (χ1v) is 44.3. The van der Waals surface area contributed by atoms with Crippen LogP contribution in [0.5, 0.6) is 5.75 Å². The molecule has 15 aromatic rings. The van der Waals surface area contributed by atoms with Gasteiger partial charge in [-0.25, -0.2) is 73.5 Å². The third kappa shape index (κ3) is 19.8. The molecule has 15 rings (SSSR count). The minimum atomic E-state index is -3.36. The van der Waals surface area contributed by atoms with Gasteiger partial charge in [-0.05, 0) is 160 Å². The molecule has 0 spiro atoms. The summed E-state index contributed by atoms with van der Waals surface area (Å²) >= 11 is 0. The highest BCUT2D eigenvalue weighted by molar-refractivity contribution is 7.92. The zero-order valence-electron chi connectivity index (χ0n) is 67.7. The standard InChI is InChI=1S/2C22H21N5O3S.C22H20N4O4S.C20H25N5O3S.13H2/c1-13(2)31(29,30)17-8-6-14(7-9-17)19-12-25-21-20(27-19)18(11-24-21)22(28)26-16-5-3-4-15(23)10-16;1-13(2)31(29,30)15-9-7-14(8-10-15)19-12-25-21-20(26-19)16(11-24-21)22(28)27-18-6-4-3-5-17(18)23;1-13(2)31(29,30)17-8-6-14(7-9-17)19-12-24-21-20(26-19)18(11-23-21)22(28)25-15-4-3-5-16(27)10-15;1-13(2)29(27,28)15-7-5-14(6-8-15)17-12-23-19-18(24-17)16(11-22-19)20(26)21-9-10-25(3)4;;;;;;;;;;;;;/h3-13H,23H2,1-2H3,(H,24,25)(H,26,28);3-13H,23H2,1-2H3,(H,24,25)(H,27,28);3-13,27H,1-2H3,(H,23,24)(H,25,28);5-8,11-13H,9-10H2,1-4H3,(H,21,26)(H,22,23);13*1H. The molecule has 0 saturated carbocycles. The Morgan fingerprint density at radius 3 is 1.00 bits per heavy atom. The molecular weight excluding hydrogens is 1640 g/mol. The molecule has 0 aliphatic heterocycles. The molecule has 13 N–H and O–H groups in total. The zero-order valence-corrected chi connectivity index (χ0v) is 70.9. The van der Waals surface area contributed by atoms with E-state index in [0.717, 1.165) is 12.1 Å². The van der Waals surface area contributed by atoms with Crippen molar-refractivity contribution >= 4 is 136 Å². The van der Waals surface area contributed by atoms with E-state index in [1.165, 1.54) is 18.3 Å². The summed E-state index contributed by atoms with van der Waals surface area (Å²) in [6, 6.07) is 46.0. The predicted molar refractivity (Wildman–Crippen MR) is 499 cm³/mol. The number of benzene rings is 7. The first-order valence-electron chi connectivity index (χ1n) is 38.1. The number of aromatic nitrogens is 12. The van der Waals surface area contributed by atoms with Crippen LogP contribution < -0.4 is 32.7 Å². The van der Waals surface area contributed by atoms with Gasteiger partial charge in [-0.3, -0.25) is 19.2 Å². The second-order valence-electron chi connectivity index (χ2n) is 29.3. The van der Waals surface area contributed by atoms with Gasteiger partial charge < -0.3 is 62.7 Å². The molecule has 4 amide bonds. The van der Waals surface area contributed by atoms with Crippen LogP contribution in [-0.2, 0) is 39.3 Å². The highest BCUT2D eigenvalue weighted by atomic mass is 32.2.